The summed E-state index contributed by atoms with van der Waals surface area (Å²) in [6.45, 7) is 13.5. The molecule has 0 bridgehead atoms. The Morgan fingerprint density at radius 2 is 1.41 bits per heavy atom. The molecule has 104 valence electrons. The molecule has 1 heteroatoms. The van der Waals surface area contributed by atoms with Crippen molar-refractivity contribution < 1.29 is 5.11 Å². The van der Waals surface area contributed by atoms with Crippen LogP contribution in [-0.2, 0) is 0 Å². The lowest BCUT2D eigenvalue weighted by Gasteiger charge is -2.26. The molecular weight excluding hydrogens is 208 g/mol. The first-order valence-electron chi connectivity index (χ1n) is 7.40. The van der Waals surface area contributed by atoms with Gasteiger partial charge >= 0.3 is 0 Å². The number of unbranched alkanes of at least 4 members (excludes halogenated alkanes) is 2. The third-order valence-electron chi connectivity index (χ3n) is 3.37. The van der Waals surface area contributed by atoms with Gasteiger partial charge in [-0.1, -0.05) is 67.2 Å². The van der Waals surface area contributed by atoms with Crippen molar-refractivity contribution in [3.8, 4) is 0 Å². The Labute approximate surface area is 109 Å². The number of aliphatic hydroxyl groups excluding tert-OH is 1. The molecule has 2 atom stereocenters. The van der Waals surface area contributed by atoms with Gasteiger partial charge in [-0.2, -0.15) is 0 Å². The highest BCUT2D eigenvalue weighted by Crippen LogP contribution is 2.27. The third-order valence-corrected chi connectivity index (χ3v) is 3.37. The molecule has 0 aromatic rings. The Balaban J connectivity index is 3.61. The zero-order valence-electron chi connectivity index (χ0n) is 12.9. The highest BCUT2D eigenvalue weighted by Gasteiger charge is 2.20. The lowest BCUT2D eigenvalue weighted by atomic mass is 9.82. The minimum absolute atomic E-state index is 0.103. The Kier molecular flexibility index (Phi) is 8.11. The van der Waals surface area contributed by atoms with Gasteiger partial charge in [0.2, 0.25) is 0 Å². The highest BCUT2D eigenvalue weighted by atomic mass is 16.3. The average Bonchev–Trinajstić information content (AvgIpc) is 2.13. The van der Waals surface area contributed by atoms with Crippen LogP contribution in [0.2, 0.25) is 0 Å². The highest BCUT2D eigenvalue weighted by molar-refractivity contribution is 4.72. The quantitative estimate of drug-likeness (QED) is 0.592. The van der Waals surface area contributed by atoms with Gasteiger partial charge in [0.1, 0.15) is 0 Å². The molecule has 0 saturated heterocycles. The zero-order chi connectivity index (χ0) is 13.5. The van der Waals surface area contributed by atoms with Crippen molar-refractivity contribution in [1.29, 1.82) is 0 Å². The van der Waals surface area contributed by atoms with Gasteiger partial charge in [-0.15, -0.1) is 0 Å². The molecule has 2 unspecified atom stereocenters. The van der Waals surface area contributed by atoms with Crippen molar-refractivity contribution in [2.45, 2.75) is 86.2 Å². The van der Waals surface area contributed by atoms with Gasteiger partial charge in [-0.05, 0) is 30.1 Å². The third kappa shape index (κ3) is 10.8. The first-order valence-corrected chi connectivity index (χ1v) is 7.40. The molecule has 0 fully saturated rings. The number of rotatable bonds is 8. The summed E-state index contributed by atoms with van der Waals surface area (Å²) in [6.07, 6.45) is 7.09. The largest absolute Gasteiger partial charge is 0.393 e. The van der Waals surface area contributed by atoms with E-state index in [1.807, 2.05) is 0 Å². The maximum absolute atomic E-state index is 10.1. The first kappa shape index (κ1) is 17.0. The van der Waals surface area contributed by atoms with Gasteiger partial charge in [-0.3, -0.25) is 0 Å². The topological polar surface area (TPSA) is 20.2 Å². The van der Waals surface area contributed by atoms with E-state index in [4.69, 9.17) is 0 Å². The summed E-state index contributed by atoms with van der Waals surface area (Å²) in [5.41, 5.74) is 0.331. The summed E-state index contributed by atoms with van der Waals surface area (Å²) < 4.78 is 0. The van der Waals surface area contributed by atoms with Crippen LogP contribution in [0.1, 0.15) is 80.1 Å². The Hall–Kier alpha value is -0.0400. The van der Waals surface area contributed by atoms with Crippen LogP contribution in [0.4, 0.5) is 0 Å². The van der Waals surface area contributed by atoms with Crippen LogP contribution in [0.15, 0.2) is 0 Å². The standard InChI is InChI=1S/C16H34O/c1-13(2)10-8-7-9-11-15(17)14(3)12-16(4,5)6/h13-15,17H,7-12H2,1-6H3. The molecule has 0 saturated carbocycles. The van der Waals surface area contributed by atoms with Crippen molar-refractivity contribution >= 4 is 0 Å². The molecule has 0 aromatic carbocycles. The first-order chi connectivity index (χ1) is 7.72. The van der Waals surface area contributed by atoms with Crippen LogP contribution in [-0.4, -0.2) is 11.2 Å². The minimum atomic E-state index is -0.103. The van der Waals surface area contributed by atoms with Gasteiger partial charge in [-0.25, -0.2) is 0 Å². The smallest absolute Gasteiger partial charge is 0.0566 e. The monoisotopic (exact) mass is 242 g/mol. The van der Waals surface area contributed by atoms with Crippen molar-refractivity contribution in [3.63, 3.8) is 0 Å². The van der Waals surface area contributed by atoms with Crippen LogP contribution < -0.4 is 0 Å². The molecule has 1 N–H and O–H groups in total. The second-order valence-electron chi connectivity index (χ2n) is 7.34. The van der Waals surface area contributed by atoms with Crippen LogP contribution in [0.25, 0.3) is 0 Å². The molecule has 1 nitrogen and oxygen atoms in total. The number of aliphatic hydroxyl groups is 1. The van der Waals surface area contributed by atoms with E-state index in [0.29, 0.717) is 11.3 Å². The van der Waals surface area contributed by atoms with Gasteiger partial charge in [0.05, 0.1) is 6.10 Å². The average molecular weight is 242 g/mol. The maximum Gasteiger partial charge on any atom is 0.0566 e. The fourth-order valence-electron chi connectivity index (χ4n) is 2.47. The number of hydrogen-bond donors (Lipinski definition) is 1. The van der Waals surface area contributed by atoms with Crippen molar-refractivity contribution in [2.75, 3.05) is 0 Å². The van der Waals surface area contributed by atoms with E-state index in [1.54, 1.807) is 0 Å². The van der Waals surface area contributed by atoms with Crippen LogP contribution >= 0.6 is 0 Å². The summed E-state index contributed by atoms with van der Waals surface area (Å²) in [6, 6.07) is 0. The van der Waals surface area contributed by atoms with Crippen LogP contribution in [0.3, 0.4) is 0 Å². The molecule has 0 radical (unpaired) electrons. The minimum Gasteiger partial charge on any atom is -0.393 e. The molecule has 0 spiro atoms. The van der Waals surface area contributed by atoms with E-state index < -0.39 is 0 Å². The molecule has 0 rings (SSSR count). The van der Waals surface area contributed by atoms with Gasteiger partial charge in [0, 0.05) is 0 Å². The Morgan fingerprint density at radius 1 is 0.882 bits per heavy atom. The molecule has 0 aliphatic carbocycles. The van der Waals surface area contributed by atoms with Crippen LogP contribution in [0, 0.1) is 17.3 Å². The lowest BCUT2D eigenvalue weighted by molar-refractivity contribution is 0.0810. The maximum atomic E-state index is 10.1. The van der Waals surface area contributed by atoms with E-state index in [-0.39, 0.29) is 6.10 Å². The van der Waals surface area contributed by atoms with E-state index >= 15 is 0 Å². The van der Waals surface area contributed by atoms with Gasteiger partial charge in [0.15, 0.2) is 0 Å². The Bertz CT molecular complexity index is 178. The summed E-state index contributed by atoms with van der Waals surface area (Å²) in [7, 11) is 0. The SMILES string of the molecule is CC(C)CCCCCC(O)C(C)CC(C)(C)C. The Morgan fingerprint density at radius 3 is 1.88 bits per heavy atom. The van der Waals surface area contributed by atoms with Crippen LogP contribution in [0.5, 0.6) is 0 Å². The fourth-order valence-corrected chi connectivity index (χ4v) is 2.47. The predicted octanol–water partition coefficient (Wildman–Crippen LogP) is 5.03. The molecule has 0 aliphatic heterocycles. The molecule has 17 heavy (non-hydrogen) atoms. The van der Waals surface area contributed by atoms with Crippen molar-refractivity contribution in [1.82, 2.24) is 0 Å². The van der Waals surface area contributed by atoms with E-state index in [2.05, 4.69) is 41.5 Å². The summed E-state index contributed by atoms with van der Waals surface area (Å²) in [4.78, 5) is 0. The number of hydrogen-bond acceptors (Lipinski definition) is 1. The van der Waals surface area contributed by atoms with Gasteiger partial charge < -0.3 is 5.11 Å². The summed E-state index contributed by atoms with van der Waals surface area (Å²) in [5.74, 6) is 1.25. The summed E-state index contributed by atoms with van der Waals surface area (Å²) in [5, 5.41) is 10.1. The lowest BCUT2D eigenvalue weighted by Crippen LogP contribution is -2.22. The normalized spacial score (nSPS) is 16.2. The second kappa shape index (κ2) is 8.13. The molecule has 0 heterocycles. The molecule has 0 aromatic heterocycles. The van der Waals surface area contributed by atoms with E-state index in [1.165, 1.54) is 25.7 Å². The molecule has 0 amide bonds. The second-order valence-corrected chi connectivity index (χ2v) is 7.34. The molecule has 0 aliphatic rings. The molecular formula is C16H34O. The van der Waals surface area contributed by atoms with Crippen molar-refractivity contribution in [3.05, 3.63) is 0 Å². The zero-order valence-corrected chi connectivity index (χ0v) is 12.9. The van der Waals surface area contributed by atoms with Gasteiger partial charge in [0.25, 0.3) is 0 Å². The fraction of sp³-hybridized carbons (Fsp3) is 1.00. The van der Waals surface area contributed by atoms with E-state index in [0.717, 1.165) is 18.8 Å². The van der Waals surface area contributed by atoms with Crippen molar-refractivity contribution in [2.24, 2.45) is 17.3 Å². The van der Waals surface area contributed by atoms with E-state index in [9.17, 15) is 5.11 Å². The predicted molar refractivity (Wildman–Crippen MR) is 77.2 cm³/mol. The summed E-state index contributed by atoms with van der Waals surface area (Å²) >= 11 is 0.